The Bertz CT molecular complexity index is 435. The lowest BCUT2D eigenvalue weighted by molar-refractivity contribution is -0.120. The predicted molar refractivity (Wildman–Crippen MR) is 67.7 cm³/mol. The van der Waals surface area contributed by atoms with Crippen molar-refractivity contribution in [3.05, 3.63) is 29.3 Å². The molecule has 0 aliphatic rings. The average molecular weight is 231 g/mol. The van der Waals surface area contributed by atoms with Crippen molar-refractivity contribution in [1.29, 1.82) is 5.26 Å². The molecule has 1 rings (SSSR count). The third-order valence-electron chi connectivity index (χ3n) is 2.54. The zero-order chi connectivity index (χ0) is 12.7. The van der Waals surface area contributed by atoms with Gasteiger partial charge in [0.15, 0.2) is 0 Å². The van der Waals surface area contributed by atoms with Crippen LogP contribution in [0.2, 0.25) is 0 Å². The molecule has 0 aliphatic carbocycles. The predicted octanol–water partition coefficient (Wildman–Crippen LogP) is 1.80. The molecule has 4 heteroatoms. The van der Waals surface area contributed by atoms with Crippen molar-refractivity contribution in [3.63, 3.8) is 0 Å². The van der Waals surface area contributed by atoms with Crippen LogP contribution in [0.3, 0.4) is 0 Å². The fraction of sp³-hybridized carbons (Fsp3) is 0.385. The molecule has 90 valence electrons. The minimum atomic E-state index is 0.0503. The Balaban J connectivity index is 2.46. The molecule has 2 N–H and O–H groups in total. The summed E-state index contributed by atoms with van der Waals surface area (Å²) in [4.78, 5) is 11.0. The standard InChI is InChI=1S/C13H17N3O/c1-10-5-6-11(9-14)8-12(10)16-7-3-4-13(17)15-2/h5-6,8,16H,3-4,7H2,1-2H3,(H,15,17). The highest BCUT2D eigenvalue weighted by Crippen LogP contribution is 2.16. The molecule has 0 saturated carbocycles. The van der Waals surface area contributed by atoms with E-state index in [1.54, 1.807) is 13.1 Å². The number of nitrogens with one attached hydrogen (secondary N) is 2. The van der Waals surface area contributed by atoms with Crippen LogP contribution in [0, 0.1) is 18.3 Å². The molecule has 0 aromatic heterocycles. The maximum absolute atomic E-state index is 11.0. The van der Waals surface area contributed by atoms with Crippen molar-refractivity contribution in [3.8, 4) is 6.07 Å². The molecule has 17 heavy (non-hydrogen) atoms. The fourth-order valence-corrected chi connectivity index (χ4v) is 1.48. The number of carbonyl (C=O) groups is 1. The molecule has 0 heterocycles. The highest BCUT2D eigenvalue weighted by atomic mass is 16.1. The average Bonchev–Trinajstić information content (AvgIpc) is 2.36. The first-order valence-electron chi connectivity index (χ1n) is 5.62. The number of aryl methyl sites for hydroxylation is 1. The monoisotopic (exact) mass is 231 g/mol. The topological polar surface area (TPSA) is 64.9 Å². The first-order valence-corrected chi connectivity index (χ1v) is 5.62. The number of rotatable bonds is 5. The van der Waals surface area contributed by atoms with Gasteiger partial charge in [-0.05, 0) is 31.0 Å². The van der Waals surface area contributed by atoms with Crippen LogP contribution < -0.4 is 10.6 Å². The van der Waals surface area contributed by atoms with Gasteiger partial charge in [0.2, 0.25) is 5.91 Å². The number of anilines is 1. The third-order valence-corrected chi connectivity index (χ3v) is 2.54. The Morgan fingerprint density at radius 3 is 2.88 bits per heavy atom. The van der Waals surface area contributed by atoms with E-state index >= 15 is 0 Å². The molecule has 0 aliphatic heterocycles. The van der Waals surface area contributed by atoms with Gasteiger partial charge >= 0.3 is 0 Å². The lowest BCUT2D eigenvalue weighted by Crippen LogP contribution is -2.18. The summed E-state index contributed by atoms with van der Waals surface area (Å²) < 4.78 is 0. The van der Waals surface area contributed by atoms with E-state index in [9.17, 15) is 4.79 Å². The zero-order valence-corrected chi connectivity index (χ0v) is 10.2. The zero-order valence-electron chi connectivity index (χ0n) is 10.2. The lowest BCUT2D eigenvalue weighted by Gasteiger charge is -2.09. The Labute approximate surface area is 102 Å². The second-order valence-electron chi connectivity index (χ2n) is 3.85. The summed E-state index contributed by atoms with van der Waals surface area (Å²) in [6.07, 6.45) is 1.29. The second-order valence-corrected chi connectivity index (χ2v) is 3.85. The second kappa shape index (κ2) is 6.54. The van der Waals surface area contributed by atoms with Gasteiger partial charge in [-0.3, -0.25) is 4.79 Å². The lowest BCUT2D eigenvalue weighted by atomic mass is 10.1. The Morgan fingerprint density at radius 2 is 2.24 bits per heavy atom. The van der Waals surface area contributed by atoms with Crippen LogP contribution in [0.4, 0.5) is 5.69 Å². The molecule has 0 bridgehead atoms. The molecule has 0 spiro atoms. The van der Waals surface area contributed by atoms with Crippen molar-refractivity contribution in [2.24, 2.45) is 0 Å². The van der Waals surface area contributed by atoms with Gasteiger partial charge in [0.1, 0.15) is 0 Å². The molecule has 1 aromatic rings. The van der Waals surface area contributed by atoms with Gasteiger partial charge in [-0.15, -0.1) is 0 Å². The molecule has 0 saturated heterocycles. The van der Waals surface area contributed by atoms with E-state index in [1.165, 1.54) is 0 Å². The van der Waals surface area contributed by atoms with Gasteiger partial charge in [-0.1, -0.05) is 6.07 Å². The highest BCUT2D eigenvalue weighted by Gasteiger charge is 2.01. The van der Waals surface area contributed by atoms with Crippen LogP contribution in [-0.4, -0.2) is 19.5 Å². The summed E-state index contributed by atoms with van der Waals surface area (Å²) in [5.74, 6) is 0.0503. The quantitative estimate of drug-likeness (QED) is 0.759. The number of benzene rings is 1. The first-order chi connectivity index (χ1) is 8.17. The van der Waals surface area contributed by atoms with Crippen molar-refractivity contribution in [2.75, 3.05) is 18.9 Å². The number of amides is 1. The number of hydrogen-bond acceptors (Lipinski definition) is 3. The summed E-state index contributed by atoms with van der Waals surface area (Å²) in [5.41, 5.74) is 2.70. The molecule has 0 fully saturated rings. The van der Waals surface area contributed by atoms with E-state index in [0.29, 0.717) is 12.0 Å². The maximum atomic E-state index is 11.0. The summed E-state index contributed by atoms with van der Waals surface area (Å²) in [5, 5.41) is 14.6. The summed E-state index contributed by atoms with van der Waals surface area (Å²) in [6, 6.07) is 7.65. The molecule has 0 radical (unpaired) electrons. The van der Waals surface area contributed by atoms with Crippen LogP contribution >= 0.6 is 0 Å². The SMILES string of the molecule is CNC(=O)CCCNc1cc(C#N)ccc1C. The minimum absolute atomic E-state index is 0.0503. The number of carbonyl (C=O) groups excluding carboxylic acids is 1. The number of hydrogen-bond donors (Lipinski definition) is 2. The number of nitrogens with zero attached hydrogens (tertiary/aromatic N) is 1. The third kappa shape index (κ3) is 4.15. The molecular weight excluding hydrogens is 214 g/mol. The van der Waals surface area contributed by atoms with Crippen LogP contribution in [-0.2, 0) is 4.79 Å². The van der Waals surface area contributed by atoms with Crippen LogP contribution in [0.1, 0.15) is 24.0 Å². The molecule has 1 aromatic carbocycles. The largest absolute Gasteiger partial charge is 0.385 e. The first kappa shape index (κ1) is 13.0. The van der Waals surface area contributed by atoms with Crippen molar-refractivity contribution in [2.45, 2.75) is 19.8 Å². The molecule has 0 atom stereocenters. The van der Waals surface area contributed by atoms with E-state index in [0.717, 1.165) is 24.2 Å². The Morgan fingerprint density at radius 1 is 1.47 bits per heavy atom. The highest BCUT2D eigenvalue weighted by molar-refractivity contribution is 5.75. The fourth-order valence-electron chi connectivity index (χ4n) is 1.48. The van der Waals surface area contributed by atoms with Gasteiger partial charge in [0.25, 0.3) is 0 Å². The summed E-state index contributed by atoms with van der Waals surface area (Å²) in [7, 11) is 1.64. The minimum Gasteiger partial charge on any atom is -0.385 e. The van der Waals surface area contributed by atoms with Gasteiger partial charge < -0.3 is 10.6 Å². The van der Waals surface area contributed by atoms with Gasteiger partial charge in [-0.25, -0.2) is 0 Å². The summed E-state index contributed by atoms with van der Waals surface area (Å²) >= 11 is 0. The van der Waals surface area contributed by atoms with E-state index < -0.39 is 0 Å². The van der Waals surface area contributed by atoms with Gasteiger partial charge in [0, 0.05) is 25.7 Å². The Hall–Kier alpha value is -2.02. The molecule has 1 amide bonds. The van der Waals surface area contributed by atoms with E-state index in [1.807, 2.05) is 19.1 Å². The van der Waals surface area contributed by atoms with E-state index in [-0.39, 0.29) is 5.91 Å². The van der Waals surface area contributed by atoms with Crippen LogP contribution in [0.5, 0.6) is 0 Å². The molecule has 0 unspecified atom stereocenters. The Kier molecular flexibility index (Phi) is 5.02. The normalized spacial score (nSPS) is 9.47. The van der Waals surface area contributed by atoms with E-state index in [4.69, 9.17) is 5.26 Å². The van der Waals surface area contributed by atoms with Gasteiger partial charge in [0.05, 0.1) is 11.6 Å². The number of nitriles is 1. The van der Waals surface area contributed by atoms with E-state index in [2.05, 4.69) is 16.7 Å². The van der Waals surface area contributed by atoms with Gasteiger partial charge in [-0.2, -0.15) is 5.26 Å². The maximum Gasteiger partial charge on any atom is 0.219 e. The molecule has 4 nitrogen and oxygen atoms in total. The molecular formula is C13H17N3O. The summed E-state index contributed by atoms with van der Waals surface area (Å²) in [6.45, 7) is 2.71. The van der Waals surface area contributed by atoms with Crippen LogP contribution in [0.15, 0.2) is 18.2 Å². The smallest absolute Gasteiger partial charge is 0.219 e. The van der Waals surface area contributed by atoms with Crippen LogP contribution in [0.25, 0.3) is 0 Å². The van der Waals surface area contributed by atoms with Crippen molar-refractivity contribution >= 4 is 11.6 Å². The van der Waals surface area contributed by atoms with Crippen molar-refractivity contribution < 1.29 is 4.79 Å². The van der Waals surface area contributed by atoms with Crippen molar-refractivity contribution in [1.82, 2.24) is 5.32 Å².